The van der Waals surface area contributed by atoms with Crippen LogP contribution < -0.4 is 0 Å². The Balaban J connectivity index is 1.88. The van der Waals surface area contributed by atoms with Crippen LogP contribution in [-0.2, 0) is 0 Å². The van der Waals surface area contributed by atoms with Gasteiger partial charge in [0.25, 0.3) is 5.91 Å². The molecular formula is C15H20N4O. The van der Waals surface area contributed by atoms with E-state index in [1.165, 1.54) is 6.42 Å². The van der Waals surface area contributed by atoms with E-state index in [0.29, 0.717) is 17.4 Å². The number of carbonyl (C=O) groups excluding carboxylic acids is 1. The zero-order chi connectivity index (χ0) is 14.3. The fourth-order valence-corrected chi connectivity index (χ4v) is 3.15. The molecule has 2 atom stereocenters. The Morgan fingerprint density at radius 2 is 1.95 bits per heavy atom. The van der Waals surface area contributed by atoms with Gasteiger partial charge in [-0.05, 0) is 37.3 Å². The Hall–Kier alpha value is -1.91. The van der Waals surface area contributed by atoms with Gasteiger partial charge in [-0.2, -0.15) is 0 Å². The summed E-state index contributed by atoms with van der Waals surface area (Å²) >= 11 is 0. The zero-order valence-corrected chi connectivity index (χ0v) is 12.2. The fourth-order valence-electron chi connectivity index (χ4n) is 3.15. The molecule has 5 nitrogen and oxygen atoms in total. The van der Waals surface area contributed by atoms with Crippen molar-refractivity contribution < 1.29 is 4.79 Å². The van der Waals surface area contributed by atoms with Gasteiger partial charge >= 0.3 is 0 Å². The first-order valence-electron chi connectivity index (χ1n) is 7.15. The summed E-state index contributed by atoms with van der Waals surface area (Å²) < 4.78 is 1.89. The van der Waals surface area contributed by atoms with Crippen LogP contribution in [0.3, 0.4) is 0 Å². The summed E-state index contributed by atoms with van der Waals surface area (Å²) in [5, 5.41) is 8.10. The topological polar surface area (TPSA) is 50.5 Å². The summed E-state index contributed by atoms with van der Waals surface area (Å²) in [4.78, 5) is 14.6. The number of likely N-dealkylation sites (tertiary alicyclic amines) is 1. The Morgan fingerprint density at radius 3 is 2.65 bits per heavy atom. The van der Waals surface area contributed by atoms with Gasteiger partial charge in [-0.3, -0.25) is 9.20 Å². The van der Waals surface area contributed by atoms with Gasteiger partial charge < -0.3 is 4.90 Å². The van der Waals surface area contributed by atoms with Crippen LogP contribution >= 0.6 is 0 Å². The third-order valence-corrected chi connectivity index (χ3v) is 3.98. The van der Waals surface area contributed by atoms with Crippen molar-refractivity contribution >= 4 is 11.6 Å². The lowest BCUT2D eigenvalue weighted by Crippen LogP contribution is -2.42. The molecule has 0 spiro atoms. The highest BCUT2D eigenvalue weighted by atomic mass is 16.2. The molecular weight excluding hydrogens is 252 g/mol. The number of pyridine rings is 1. The standard InChI is InChI=1S/C15H20N4O/c1-10-6-11(2)9-18(8-10)15(20)13-4-5-19-12(3)16-17-14(19)7-13/h4-5,7,10-11H,6,8-9H2,1-3H3. The lowest BCUT2D eigenvalue weighted by atomic mass is 9.91. The minimum Gasteiger partial charge on any atom is -0.338 e. The summed E-state index contributed by atoms with van der Waals surface area (Å²) in [6, 6.07) is 3.68. The van der Waals surface area contributed by atoms with E-state index in [2.05, 4.69) is 24.0 Å². The van der Waals surface area contributed by atoms with Gasteiger partial charge in [0, 0.05) is 24.8 Å². The van der Waals surface area contributed by atoms with Crippen molar-refractivity contribution in [3.8, 4) is 0 Å². The van der Waals surface area contributed by atoms with E-state index in [1.54, 1.807) is 0 Å². The quantitative estimate of drug-likeness (QED) is 0.799. The molecule has 3 rings (SSSR count). The molecule has 1 saturated heterocycles. The van der Waals surface area contributed by atoms with E-state index in [0.717, 1.165) is 24.6 Å². The fraction of sp³-hybridized carbons (Fsp3) is 0.533. The summed E-state index contributed by atoms with van der Waals surface area (Å²) in [5.74, 6) is 2.08. The number of hydrogen-bond acceptors (Lipinski definition) is 3. The van der Waals surface area contributed by atoms with Crippen LogP contribution in [0.2, 0.25) is 0 Å². The Labute approximate surface area is 118 Å². The molecule has 1 aliphatic heterocycles. The molecule has 5 heteroatoms. The normalized spacial score (nSPS) is 23.2. The maximum absolute atomic E-state index is 12.6. The van der Waals surface area contributed by atoms with Gasteiger partial charge in [-0.25, -0.2) is 0 Å². The Kier molecular flexibility index (Phi) is 3.20. The Morgan fingerprint density at radius 1 is 1.25 bits per heavy atom. The lowest BCUT2D eigenvalue weighted by Gasteiger charge is -2.35. The number of fused-ring (bicyclic) bond motifs is 1. The molecule has 20 heavy (non-hydrogen) atoms. The molecule has 2 unspecified atom stereocenters. The van der Waals surface area contributed by atoms with Crippen molar-refractivity contribution in [2.45, 2.75) is 27.2 Å². The van der Waals surface area contributed by atoms with Gasteiger partial charge in [0.2, 0.25) is 0 Å². The van der Waals surface area contributed by atoms with Crippen molar-refractivity contribution in [1.82, 2.24) is 19.5 Å². The maximum Gasteiger partial charge on any atom is 0.254 e. The van der Waals surface area contributed by atoms with Crippen LogP contribution in [0.25, 0.3) is 5.65 Å². The maximum atomic E-state index is 12.6. The highest BCUT2D eigenvalue weighted by molar-refractivity contribution is 5.95. The highest BCUT2D eigenvalue weighted by Gasteiger charge is 2.26. The number of aryl methyl sites for hydroxylation is 1. The van der Waals surface area contributed by atoms with Crippen LogP contribution in [-0.4, -0.2) is 38.5 Å². The molecule has 0 N–H and O–H groups in total. The second kappa shape index (κ2) is 4.89. The van der Waals surface area contributed by atoms with Gasteiger partial charge in [0.05, 0.1) is 0 Å². The van der Waals surface area contributed by atoms with Gasteiger partial charge in [0.15, 0.2) is 5.65 Å². The van der Waals surface area contributed by atoms with E-state index in [9.17, 15) is 4.79 Å². The third kappa shape index (κ3) is 2.28. The molecule has 0 radical (unpaired) electrons. The highest BCUT2D eigenvalue weighted by Crippen LogP contribution is 2.22. The molecule has 0 bridgehead atoms. The van der Waals surface area contributed by atoms with Crippen molar-refractivity contribution in [2.24, 2.45) is 11.8 Å². The molecule has 1 amide bonds. The third-order valence-electron chi connectivity index (χ3n) is 3.98. The van der Waals surface area contributed by atoms with Crippen LogP contribution in [0.15, 0.2) is 18.3 Å². The molecule has 2 aromatic rings. The molecule has 2 aromatic heterocycles. The molecule has 1 aliphatic rings. The summed E-state index contributed by atoms with van der Waals surface area (Å²) in [6.45, 7) is 8.01. The van der Waals surface area contributed by atoms with Crippen LogP contribution in [0, 0.1) is 18.8 Å². The molecule has 106 valence electrons. The summed E-state index contributed by atoms with van der Waals surface area (Å²) in [5.41, 5.74) is 1.43. The van der Waals surface area contributed by atoms with E-state index < -0.39 is 0 Å². The van der Waals surface area contributed by atoms with E-state index >= 15 is 0 Å². The van der Waals surface area contributed by atoms with Crippen LogP contribution in [0.1, 0.15) is 36.5 Å². The van der Waals surface area contributed by atoms with E-state index in [4.69, 9.17) is 0 Å². The number of rotatable bonds is 1. The summed E-state index contributed by atoms with van der Waals surface area (Å²) in [6.07, 6.45) is 3.07. The first kappa shape index (κ1) is 13.1. The molecule has 1 fully saturated rings. The summed E-state index contributed by atoms with van der Waals surface area (Å²) in [7, 11) is 0. The average Bonchev–Trinajstić information content (AvgIpc) is 2.78. The van der Waals surface area contributed by atoms with Crippen molar-refractivity contribution in [3.05, 3.63) is 29.7 Å². The average molecular weight is 272 g/mol. The van der Waals surface area contributed by atoms with Gasteiger partial charge in [-0.1, -0.05) is 13.8 Å². The van der Waals surface area contributed by atoms with Crippen LogP contribution in [0.4, 0.5) is 0 Å². The predicted octanol–water partition coefficient (Wildman–Crippen LogP) is 2.16. The zero-order valence-electron chi connectivity index (χ0n) is 12.2. The molecule has 0 aliphatic carbocycles. The minimum absolute atomic E-state index is 0.103. The van der Waals surface area contributed by atoms with Crippen molar-refractivity contribution in [2.75, 3.05) is 13.1 Å². The number of aromatic nitrogens is 3. The smallest absolute Gasteiger partial charge is 0.254 e. The number of nitrogens with zero attached hydrogens (tertiary/aromatic N) is 4. The largest absolute Gasteiger partial charge is 0.338 e. The van der Waals surface area contributed by atoms with E-state index in [1.807, 2.05) is 34.6 Å². The van der Waals surface area contributed by atoms with Gasteiger partial charge in [0.1, 0.15) is 5.82 Å². The predicted molar refractivity (Wildman–Crippen MR) is 76.6 cm³/mol. The second-order valence-electron chi connectivity index (χ2n) is 6.05. The Bertz CT molecular complexity index is 638. The molecule has 0 aromatic carbocycles. The number of piperidine rings is 1. The molecule has 0 saturated carbocycles. The van der Waals surface area contributed by atoms with Crippen molar-refractivity contribution in [1.29, 1.82) is 0 Å². The number of hydrogen-bond donors (Lipinski definition) is 0. The molecule has 3 heterocycles. The number of carbonyl (C=O) groups is 1. The second-order valence-corrected chi connectivity index (χ2v) is 6.05. The SMILES string of the molecule is Cc1nnc2cc(C(=O)N3CC(C)CC(C)C3)ccn12. The monoisotopic (exact) mass is 272 g/mol. The first-order chi connectivity index (χ1) is 9.54. The van der Waals surface area contributed by atoms with E-state index in [-0.39, 0.29) is 5.91 Å². The minimum atomic E-state index is 0.103. The lowest BCUT2D eigenvalue weighted by molar-refractivity contribution is 0.0623. The van der Waals surface area contributed by atoms with Gasteiger partial charge in [-0.15, -0.1) is 10.2 Å². The van der Waals surface area contributed by atoms with Crippen molar-refractivity contribution in [3.63, 3.8) is 0 Å². The number of amides is 1. The first-order valence-corrected chi connectivity index (χ1v) is 7.15. The van der Waals surface area contributed by atoms with Crippen LogP contribution in [0.5, 0.6) is 0 Å².